The van der Waals surface area contributed by atoms with E-state index in [9.17, 15) is 37.1 Å². The molecule has 1 aliphatic heterocycles. The van der Waals surface area contributed by atoms with Crippen molar-refractivity contribution in [3.63, 3.8) is 0 Å². The zero-order valence-corrected chi connectivity index (χ0v) is 27.9. The lowest BCUT2D eigenvalue weighted by Crippen LogP contribution is -2.40. The molecule has 1 aromatic heterocycles. The molecule has 2 atom stereocenters. The predicted molar refractivity (Wildman–Crippen MR) is 175 cm³/mol. The second kappa shape index (κ2) is 14.8. The van der Waals surface area contributed by atoms with Crippen LogP contribution in [0.1, 0.15) is 103 Å². The number of halogens is 5. The fraction of sp³-hybridized carbons (Fsp3) is 0.486. The topological polar surface area (TPSA) is 91.6 Å². The first kappa shape index (κ1) is 36.2. The molecule has 2 aromatic carbocycles. The van der Waals surface area contributed by atoms with Gasteiger partial charge >= 0.3 is 12.1 Å². The molecular weight excluding hydrogens is 645 g/mol. The third-order valence-electron chi connectivity index (χ3n) is 9.50. The quantitative estimate of drug-likeness (QED) is 0.252. The van der Waals surface area contributed by atoms with Gasteiger partial charge in [-0.3, -0.25) is 14.4 Å². The van der Waals surface area contributed by atoms with Crippen LogP contribution in [-0.4, -0.2) is 47.1 Å². The summed E-state index contributed by atoms with van der Waals surface area (Å²) in [4.78, 5) is 41.3. The molecule has 2 heterocycles. The van der Waals surface area contributed by atoms with Crippen LogP contribution in [0.3, 0.4) is 0 Å². The highest BCUT2D eigenvalue weighted by molar-refractivity contribution is 5.82. The Bertz CT molecular complexity index is 1780. The summed E-state index contributed by atoms with van der Waals surface area (Å²) in [6, 6.07) is 3.98. The van der Waals surface area contributed by atoms with Crippen LogP contribution >= 0.6 is 0 Å². The maximum atomic E-state index is 16.4. The lowest BCUT2D eigenvalue weighted by Gasteiger charge is -2.26. The minimum absolute atomic E-state index is 0.0411. The number of fused-ring (bicyclic) bond motifs is 4. The first-order valence-corrected chi connectivity index (χ1v) is 16.8. The van der Waals surface area contributed by atoms with Crippen molar-refractivity contribution < 1.29 is 36.6 Å². The van der Waals surface area contributed by atoms with Crippen LogP contribution in [0.2, 0.25) is 0 Å². The molecule has 3 aromatic rings. The predicted octanol–water partition coefficient (Wildman–Crippen LogP) is 7.48. The number of nitrogens with zero attached hydrogens (tertiary/aromatic N) is 2. The van der Waals surface area contributed by atoms with Crippen LogP contribution in [0, 0.1) is 18.6 Å². The van der Waals surface area contributed by atoms with Crippen LogP contribution in [-0.2, 0) is 28.6 Å². The van der Waals surface area contributed by atoms with E-state index in [0.717, 1.165) is 34.7 Å². The number of aryl methyl sites for hydroxylation is 2. The van der Waals surface area contributed by atoms with Gasteiger partial charge in [0.1, 0.15) is 17.7 Å². The van der Waals surface area contributed by atoms with E-state index in [1.54, 1.807) is 32.0 Å². The molecule has 0 spiro atoms. The fourth-order valence-electron chi connectivity index (χ4n) is 6.91. The second-order valence-corrected chi connectivity index (χ2v) is 13.6. The number of alkyl halides is 3. The van der Waals surface area contributed by atoms with Crippen molar-refractivity contribution in [2.24, 2.45) is 0 Å². The maximum absolute atomic E-state index is 16.4. The Hall–Kier alpha value is -4.06. The molecule has 2 aliphatic rings. The lowest BCUT2D eigenvalue weighted by atomic mass is 9.87. The number of likely N-dealkylation sites (N-methyl/N-ethyl adjacent to an activating group) is 1. The summed E-state index contributed by atoms with van der Waals surface area (Å²) >= 11 is 0. The van der Waals surface area contributed by atoms with Crippen LogP contribution in [0.15, 0.2) is 41.3 Å². The Morgan fingerprint density at radius 3 is 2.33 bits per heavy atom. The number of aliphatic carboxylic acids is 1. The van der Waals surface area contributed by atoms with Gasteiger partial charge in [-0.15, -0.1) is 0 Å². The summed E-state index contributed by atoms with van der Waals surface area (Å²) in [6.45, 7) is 2.02. The maximum Gasteiger partial charge on any atom is 0.416 e. The Labute approximate surface area is 282 Å². The van der Waals surface area contributed by atoms with Gasteiger partial charge in [-0.1, -0.05) is 19.3 Å². The molecule has 1 fully saturated rings. The molecule has 264 valence electrons. The third kappa shape index (κ3) is 8.57. The van der Waals surface area contributed by atoms with Gasteiger partial charge in [0.2, 0.25) is 5.91 Å². The Morgan fingerprint density at radius 1 is 0.980 bits per heavy atom. The molecule has 7 nitrogen and oxygen atoms in total. The first-order chi connectivity index (χ1) is 23.1. The van der Waals surface area contributed by atoms with Gasteiger partial charge in [-0.25, -0.2) is 8.78 Å². The third-order valence-corrected chi connectivity index (χ3v) is 9.50. The van der Waals surface area contributed by atoms with Crippen molar-refractivity contribution in [1.82, 2.24) is 14.8 Å². The average molecular weight is 688 g/mol. The van der Waals surface area contributed by atoms with E-state index in [4.69, 9.17) is 0 Å². The molecule has 49 heavy (non-hydrogen) atoms. The smallest absolute Gasteiger partial charge is 0.416 e. The molecule has 0 saturated heterocycles. The minimum Gasteiger partial charge on any atom is -0.481 e. The van der Waals surface area contributed by atoms with Crippen LogP contribution in [0.5, 0.6) is 0 Å². The largest absolute Gasteiger partial charge is 0.481 e. The number of carbonyl (C=O) groups is 2. The summed E-state index contributed by atoms with van der Waals surface area (Å²) < 4.78 is 74.0. The fourth-order valence-corrected chi connectivity index (χ4v) is 6.91. The van der Waals surface area contributed by atoms with Crippen LogP contribution < -0.4 is 10.9 Å². The molecule has 12 heteroatoms. The monoisotopic (exact) mass is 687 g/mol. The summed E-state index contributed by atoms with van der Waals surface area (Å²) in [7, 11) is 3.41. The highest BCUT2D eigenvalue weighted by Crippen LogP contribution is 2.45. The van der Waals surface area contributed by atoms with E-state index in [1.807, 2.05) is 0 Å². The number of carbonyl (C=O) groups excluding carboxylic acids is 1. The first-order valence-electron chi connectivity index (χ1n) is 16.8. The van der Waals surface area contributed by atoms with Gasteiger partial charge in [0.05, 0.1) is 18.0 Å². The van der Waals surface area contributed by atoms with Gasteiger partial charge in [0.15, 0.2) is 0 Å². The number of hydrogen-bond donors (Lipinski definition) is 2. The van der Waals surface area contributed by atoms with Crippen LogP contribution in [0.4, 0.5) is 22.0 Å². The standard InChI is InChI=1S/C37H42F5N3O4/c1-21-14-26(38)15-23-8-6-4-5-7-9-31(45-20-24(12-13-44(2)3)29(18-32(45)46)37(40,41)42)36(49)43-30(19-33(47)48)28-17-25(34(21)23)16-27(35(28)39)22-10-11-22/h14-18,20,22,30-31H,4-13,19H2,1-3H3,(H,43,49)(H,47,48)/t30-,31-/m0/s1. The average Bonchev–Trinajstić information content (AvgIpc) is 3.84. The van der Waals surface area contributed by atoms with Gasteiger partial charge in [0, 0.05) is 24.4 Å². The Kier molecular flexibility index (Phi) is 11.0. The molecule has 5 rings (SSSR count). The number of pyridine rings is 1. The van der Waals surface area contributed by atoms with Gasteiger partial charge < -0.3 is 19.9 Å². The van der Waals surface area contributed by atoms with Crippen molar-refractivity contribution in [3.8, 4) is 11.1 Å². The van der Waals surface area contributed by atoms with Crippen molar-refractivity contribution in [1.29, 1.82) is 0 Å². The Balaban J connectivity index is 1.65. The van der Waals surface area contributed by atoms with E-state index < -0.39 is 59.3 Å². The molecule has 2 N–H and O–H groups in total. The number of aromatic nitrogens is 1. The molecule has 0 radical (unpaired) electrons. The number of nitrogens with one attached hydrogen (secondary N) is 1. The molecule has 1 saturated carbocycles. The van der Waals surface area contributed by atoms with Gasteiger partial charge in [0.25, 0.3) is 5.56 Å². The summed E-state index contributed by atoms with van der Waals surface area (Å²) in [6.07, 6.45) is 0.0339. The van der Waals surface area contributed by atoms with E-state index in [2.05, 4.69) is 5.32 Å². The van der Waals surface area contributed by atoms with E-state index in [1.165, 1.54) is 18.2 Å². The summed E-state index contributed by atoms with van der Waals surface area (Å²) in [5.74, 6) is -3.24. The highest BCUT2D eigenvalue weighted by atomic mass is 19.4. The van der Waals surface area contributed by atoms with E-state index >= 15 is 4.39 Å². The number of rotatable bonds is 7. The molecule has 2 bridgehead atoms. The summed E-state index contributed by atoms with van der Waals surface area (Å²) in [5, 5.41) is 12.6. The summed E-state index contributed by atoms with van der Waals surface area (Å²) in [5.41, 5.74) is 0.794. The Morgan fingerprint density at radius 2 is 1.67 bits per heavy atom. The highest BCUT2D eigenvalue weighted by Gasteiger charge is 2.36. The SMILES string of the molecule is Cc1cc(F)cc2c1-c1cc(C3CC3)c(F)c(c1)[C@H](CC(=O)O)NC(=O)[C@@H](n1cc(CCN(C)C)c(C(F)(F)F)cc1=O)CCCCCC2. The van der Waals surface area contributed by atoms with Crippen LogP contribution in [0.25, 0.3) is 11.1 Å². The molecule has 1 amide bonds. The second-order valence-electron chi connectivity index (χ2n) is 13.6. The van der Waals surface area contributed by atoms with Crippen molar-refractivity contribution in [2.45, 2.75) is 95.3 Å². The van der Waals surface area contributed by atoms with Gasteiger partial charge in [-0.05, 0) is 123 Å². The number of benzene rings is 2. The number of carboxylic acids is 1. The lowest BCUT2D eigenvalue weighted by molar-refractivity contribution is -0.139. The zero-order chi connectivity index (χ0) is 35.6. The van der Waals surface area contributed by atoms with Crippen molar-refractivity contribution >= 4 is 11.9 Å². The van der Waals surface area contributed by atoms with Crippen molar-refractivity contribution in [2.75, 3.05) is 20.6 Å². The minimum atomic E-state index is -4.79. The number of carboxylic acid groups (broad SMARTS) is 1. The van der Waals surface area contributed by atoms with Gasteiger partial charge in [-0.2, -0.15) is 13.2 Å². The molecular formula is C37H42F5N3O4. The van der Waals surface area contributed by atoms with Crippen molar-refractivity contribution in [3.05, 3.63) is 91.9 Å². The number of amides is 1. The number of hydrogen-bond acceptors (Lipinski definition) is 4. The normalized spacial score (nSPS) is 19.2. The van der Waals surface area contributed by atoms with E-state index in [0.29, 0.717) is 54.9 Å². The molecule has 0 unspecified atom stereocenters. The van der Waals surface area contributed by atoms with E-state index in [-0.39, 0.29) is 36.4 Å². The zero-order valence-electron chi connectivity index (χ0n) is 27.9. The molecule has 1 aliphatic carbocycles.